The molecule has 1 aromatic heterocycles. The molecular weight excluding hydrogens is 805 g/mol. The Balaban J connectivity index is 0.00000142. The molecule has 5 aliphatic rings. The smallest absolute Gasteiger partial charge is 0.309 e. The number of carbonyl (C=O) groups is 2. The average Bonchev–Trinajstić information content (AvgIpc) is 3.76. The van der Waals surface area contributed by atoms with Crippen LogP contribution in [0.3, 0.4) is 0 Å². The molecule has 11 heteroatoms. The normalized spacial score (nSPS) is 32.4. The molecule has 5 aliphatic carbocycles. The fourth-order valence-electron chi connectivity index (χ4n) is 13.6. The molecule has 0 aromatic carbocycles. The van der Waals surface area contributed by atoms with E-state index in [2.05, 4.69) is 81.5 Å². The van der Waals surface area contributed by atoms with Crippen LogP contribution in [-0.4, -0.2) is 78.5 Å². The lowest BCUT2D eigenvalue weighted by Gasteiger charge is -2.71. The van der Waals surface area contributed by atoms with Crippen LogP contribution in [-0.2, 0) is 42.3 Å². The van der Waals surface area contributed by atoms with E-state index in [4.69, 9.17) is 9.47 Å². The second-order valence-electron chi connectivity index (χ2n) is 22.0. The van der Waals surface area contributed by atoms with Gasteiger partial charge in [0.15, 0.2) is 0 Å². The monoisotopic (exact) mass is 893 g/mol. The number of allylic oxidation sites excluding steroid dienone is 4. The summed E-state index contributed by atoms with van der Waals surface area (Å²) in [6.45, 7) is 27.5. The van der Waals surface area contributed by atoms with Gasteiger partial charge < -0.3 is 24.2 Å². The SMILES string of the molecule is C.C=C(C)OC.CO/C(C)=C/N=CCCn1c(=O)cc(C23CCC(C(C)C)=C2C2CCC4C5(C)CCC(OC(=O)CC(C)(C)C(=O)O)C(C)C5CCC4(C)[C@]2(C)CC3)n1CCN(C)C. The summed E-state index contributed by atoms with van der Waals surface area (Å²) >= 11 is 0. The standard InChI is InChI=1S/C48H76N4O6.C4H8O.CH4/c1-31(2)34-16-21-48(39-28-40(53)52(51(39)27-26-50(10)11)25-13-24-49-30-32(3)57-12)23-22-46(8)36(42(34)48)14-15-38-45(7)19-18-37(33(4)35(45)17-20-47(38,46)9)58-41(54)29-44(5,6)43(55)56;1-4(2)5-3;/h24,28,30-31,33,35-38H,13-23,25-27,29H2,1-12H3,(H,55,56);1H2,2-3H3;1H4/b32-30+,49-24?;;/t33?,35?,36?,37?,38?,45?,46-,47?,48?;;/m1../s1. The third-order valence-electron chi connectivity index (χ3n) is 17.5. The number of rotatable bonds is 15. The molecule has 0 bridgehead atoms. The summed E-state index contributed by atoms with van der Waals surface area (Å²) in [5.41, 5.74) is 3.81. The molecule has 362 valence electrons. The van der Waals surface area contributed by atoms with Crippen LogP contribution in [0.4, 0.5) is 0 Å². The van der Waals surface area contributed by atoms with E-state index in [9.17, 15) is 19.5 Å². The van der Waals surface area contributed by atoms with E-state index in [-0.39, 0.29) is 59.1 Å². The number of ether oxygens (including phenoxy) is 3. The van der Waals surface area contributed by atoms with Crippen LogP contribution >= 0.6 is 0 Å². The van der Waals surface area contributed by atoms with Gasteiger partial charge in [0.1, 0.15) is 11.9 Å². The first-order valence-electron chi connectivity index (χ1n) is 24.0. The van der Waals surface area contributed by atoms with Crippen molar-refractivity contribution in [3.8, 4) is 0 Å². The van der Waals surface area contributed by atoms with Crippen molar-refractivity contribution < 1.29 is 28.9 Å². The van der Waals surface area contributed by atoms with E-state index >= 15 is 0 Å². The number of hydrogen-bond acceptors (Lipinski definition) is 8. The van der Waals surface area contributed by atoms with Crippen molar-refractivity contribution in [3.63, 3.8) is 0 Å². The average molecular weight is 893 g/mol. The number of carboxylic acid groups (broad SMARTS) is 1. The van der Waals surface area contributed by atoms with Crippen LogP contribution in [0, 0.1) is 51.2 Å². The Hall–Kier alpha value is -3.60. The molecule has 1 aromatic rings. The summed E-state index contributed by atoms with van der Waals surface area (Å²) in [5.74, 6) is 2.34. The largest absolute Gasteiger partial charge is 0.502 e. The van der Waals surface area contributed by atoms with Crippen molar-refractivity contribution in [3.05, 3.63) is 57.6 Å². The third-order valence-corrected chi connectivity index (χ3v) is 17.5. The highest BCUT2D eigenvalue weighted by Crippen LogP contribution is 2.76. The maximum atomic E-state index is 14.1. The van der Waals surface area contributed by atoms with E-state index in [0.717, 1.165) is 69.6 Å². The van der Waals surface area contributed by atoms with Crippen molar-refractivity contribution in [2.45, 2.75) is 178 Å². The number of likely N-dealkylation sites (N-methyl/N-ethyl adjacent to an activating group) is 1. The quantitative estimate of drug-likeness (QED) is 0.0799. The first kappa shape index (κ1) is 53.0. The summed E-state index contributed by atoms with van der Waals surface area (Å²) in [6.07, 6.45) is 14.9. The highest BCUT2D eigenvalue weighted by Gasteiger charge is 2.69. The number of carboxylic acids is 1. The molecule has 0 amide bonds. The number of carbonyl (C=O) groups excluding carboxylic acids is 1. The second-order valence-corrected chi connectivity index (χ2v) is 22.0. The van der Waals surface area contributed by atoms with E-state index in [1.165, 1.54) is 25.0 Å². The lowest BCUT2D eigenvalue weighted by Crippen LogP contribution is -2.64. The maximum absolute atomic E-state index is 14.1. The minimum Gasteiger partial charge on any atom is -0.502 e. The molecule has 1 heterocycles. The van der Waals surface area contributed by atoms with Crippen molar-refractivity contribution >= 4 is 18.2 Å². The van der Waals surface area contributed by atoms with Crippen LogP contribution in [0.15, 0.2) is 51.3 Å². The number of esters is 1. The van der Waals surface area contributed by atoms with Crippen molar-refractivity contribution in [1.82, 2.24) is 14.3 Å². The lowest BCUT2D eigenvalue weighted by molar-refractivity contribution is -0.214. The molecule has 0 aliphatic heterocycles. The Morgan fingerprint density at radius 1 is 0.984 bits per heavy atom. The molecule has 0 saturated heterocycles. The summed E-state index contributed by atoms with van der Waals surface area (Å²) in [4.78, 5) is 45.6. The zero-order valence-corrected chi connectivity index (χ0v) is 41.7. The molecule has 4 saturated carbocycles. The Kier molecular flexibility index (Phi) is 17.0. The highest BCUT2D eigenvalue weighted by atomic mass is 16.5. The Labute approximate surface area is 387 Å². The van der Waals surface area contributed by atoms with Crippen LogP contribution < -0.4 is 5.56 Å². The summed E-state index contributed by atoms with van der Waals surface area (Å²) in [6, 6.07) is 2.02. The Morgan fingerprint density at radius 2 is 1.66 bits per heavy atom. The van der Waals surface area contributed by atoms with Crippen LogP contribution in [0.5, 0.6) is 0 Å². The van der Waals surface area contributed by atoms with Crippen LogP contribution in [0.25, 0.3) is 0 Å². The van der Waals surface area contributed by atoms with Gasteiger partial charge >= 0.3 is 11.9 Å². The molecule has 8 unspecified atom stereocenters. The lowest BCUT2D eigenvalue weighted by atomic mass is 9.34. The number of aromatic nitrogens is 2. The van der Waals surface area contributed by atoms with Gasteiger partial charge in [0.25, 0.3) is 5.56 Å². The van der Waals surface area contributed by atoms with Crippen molar-refractivity contribution in [2.24, 2.45) is 56.2 Å². The summed E-state index contributed by atoms with van der Waals surface area (Å²) in [5, 5.41) is 9.63. The highest BCUT2D eigenvalue weighted by molar-refractivity contribution is 5.81. The number of methoxy groups -OCH3 is 2. The third kappa shape index (κ3) is 9.90. The first-order valence-corrected chi connectivity index (χ1v) is 24.0. The predicted molar refractivity (Wildman–Crippen MR) is 259 cm³/mol. The minimum absolute atomic E-state index is 0. The number of fused-ring (bicyclic) bond motifs is 7. The topological polar surface area (TPSA) is 125 Å². The molecule has 11 nitrogen and oxygen atoms in total. The maximum Gasteiger partial charge on any atom is 0.309 e. The van der Waals surface area contributed by atoms with Gasteiger partial charge in [-0.2, -0.15) is 0 Å². The summed E-state index contributed by atoms with van der Waals surface area (Å²) in [7, 11) is 7.47. The number of hydrogen-bond donors (Lipinski definition) is 1. The van der Waals surface area contributed by atoms with Crippen LogP contribution in [0.2, 0.25) is 0 Å². The zero-order valence-electron chi connectivity index (χ0n) is 41.7. The molecule has 64 heavy (non-hydrogen) atoms. The Bertz CT molecular complexity index is 1990. The number of aliphatic carboxylic acids is 1. The minimum atomic E-state index is -1.14. The van der Waals surface area contributed by atoms with E-state index in [1.54, 1.807) is 52.3 Å². The fraction of sp³-hybridized carbons (Fsp3) is 0.774. The second kappa shape index (κ2) is 20.5. The van der Waals surface area contributed by atoms with Gasteiger partial charge in [0, 0.05) is 37.2 Å². The molecule has 4 fully saturated rings. The van der Waals surface area contributed by atoms with Gasteiger partial charge in [-0.15, -0.1) is 0 Å². The molecule has 1 N–H and O–H groups in total. The Morgan fingerprint density at radius 3 is 2.25 bits per heavy atom. The van der Waals surface area contributed by atoms with E-state index in [0.29, 0.717) is 36.6 Å². The molecule has 0 radical (unpaired) electrons. The van der Waals surface area contributed by atoms with E-state index in [1.807, 2.05) is 23.9 Å². The molecule has 9 atom stereocenters. The van der Waals surface area contributed by atoms with Crippen molar-refractivity contribution in [2.75, 3.05) is 34.9 Å². The molecule has 6 rings (SSSR count). The number of nitrogens with zero attached hydrogens (tertiary/aromatic N) is 4. The van der Waals surface area contributed by atoms with Gasteiger partial charge in [-0.25, -0.2) is 0 Å². The molecule has 0 spiro atoms. The fourth-order valence-corrected chi connectivity index (χ4v) is 13.6. The van der Waals surface area contributed by atoms with Gasteiger partial charge in [-0.05, 0) is 152 Å². The zero-order chi connectivity index (χ0) is 46.9. The van der Waals surface area contributed by atoms with Gasteiger partial charge in [-0.3, -0.25) is 28.7 Å². The van der Waals surface area contributed by atoms with Gasteiger partial charge in [-0.1, -0.05) is 66.7 Å². The first-order chi connectivity index (χ1) is 29.4. The van der Waals surface area contributed by atoms with Gasteiger partial charge in [0.2, 0.25) is 0 Å². The summed E-state index contributed by atoms with van der Waals surface area (Å²) < 4.78 is 20.3. The predicted octanol–water partition coefficient (Wildman–Crippen LogP) is 11.1. The van der Waals surface area contributed by atoms with Crippen molar-refractivity contribution in [1.29, 1.82) is 0 Å². The van der Waals surface area contributed by atoms with Gasteiger partial charge in [0.05, 0.1) is 50.3 Å². The number of aliphatic imine (C=N–C) groups is 1. The molecular formula is C53H88N4O7. The van der Waals surface area contributed by atoms with Crippen LogP contribution in [0.1, 0.15) is 159 Å². The van der Waals surface area contributed by atoms with E-state index < -0.39 is 11.4 Å².